The number of fused-ring (bicyclic) bond motifs is 1. The van der Waals surface area contributed by atoms with E-state index >= 15 is 0 Å². The van der Waals surface area contributed by atoms with Gasteiger partial charge in [0.15, 0.2) is 5.65 Å². The number of imidazole rings is 1. The Balaban J connectivity index is 2.13. The van der Waals surface area contributed by atoms with E-state index in [1.807, 2.05) is 18.3 Å². The highest BCUT2D eigenvalue weighted by atomic mass is 35.5. The maximum atomic E-state index is 5.86. The predicted molar refractivity (Wildman–Crippen MR) is 69.4 cm³/mol. The van der Waals surface area contributed by atoms with Gasteiger partial charge in [-0.15, -0.1) is 11.6 Å². The van der Waals surface area contributed by atoms with E-state index in [2.05, 4.69) is 21.5 Å². The monoisotopic (exact) mass is 249 g/mol. The number of aromatic nitrogens is 3. The van der Waals surface area contributed by atoms with Crippen molar-refractivity contribution in [1.29, 1.82) is 0 Å². The largest absolute Gasteiger partial charge is 0.310 e. The number of hydrogen-bond acceptors (Lipinski definition) is 2. The van der Waals surface area contributed by atoms with Gasteiger partial charge in [0.2, 0.25) is 0 Å². The third-order valence-electron chi connectivity index (χ3n) is 3.55. The SMILES string of the molecule is CC(C1CC1)n1c(CCCl)nc2cccnc21. The molecule has 0 amide bonds. The van der Waals surface area contributed by atoms with E-state index in [0.29, 0.717) is 11.9 Å². The highest BCUT2D eigenvalue weighted by Crippen LogP contribution is 2.41. The Kier molecular flexibility index (Phi) is 2.79. The summed E-state index contributed by atoms with van der Waals surface area (Å²) in [5.41, 5.74) is 1.99. The van der Waals surface area contributed by atoms with Crippen LogP contribution in [0.3, 0.4) is 0 Å². The van der Waals surface area contributed by atoms with E-state index in [4.69, 9.17) is 11.6 Å². The standard InChI is InChI=1S/C13H16ClN3/c1-9(10-4-5-10)17-12(6-7-14)16-11-3-2-8-15-13(11)17/h2-3,8-10H,4-7H2,1H3. The molecule has 3 nitrogen and oxygen atoms in total. The van der Waals surface area contributed by atoms with E-state index in [9.17, 15) is 0 Å². The fraction of sp³-hybridized carbons (Fsp3) is 0.538. The van der Waals surface area contributed by atoms with Crippen molar-refractivity contribution in [1.82, 2.24) is 14.5 Å². The molecule has 0 N–H and O–H groups in total. The van der Waals surface area contributed by atoms with E-state index in [0.717, 1.165) is 29.3 Å². The molecule has 0 saturated heterocycles. The molecule has 90 valence electrons. The normalized spacial score (nSPS) is 17.5. The third kappa shape index (κ3) is 1.93. The fourth-order valence-corrected chi connectivity index (χ4v) is 2.62. The minimum atomic E-state index is 0.494. The molecule has 0 radical (unpaired) electrons. The van der Waals surface area contributed by atoms with Crippen LogP contribution in [0.15, 0.2) is 18.3 Å². The van der Waals surface area contributed by atoms with Gasteiger partial charge in [0.05, 0.1) is 0 Å². The molecule has 2 aromatic rings. The molecule has 4 heteroatoms. The van der Waals surface area contributed by atoms with E-state index in [1.54, 1.807) is 0 Å². The summed E-state index contributed by atoms with van der Waals surface area (Å²) in [6, 6.07) is 4.45. The topological polar surface area (TPSA) is 30.7 Å². The van der Waals surface area contributed by atoms with Crippen molar-refractivity contribution in [2.45, 2.75) is 32.2 Å². The minimum Gasteiger partial charge on any atom is -0.310 e. The molecular formula is C13H16ClN3. The van der Waals surface area contributed by atoms with E-state index in [-0.39, 0.29) is 0 Å². The Bertz CT molecular complexity index is 530. The molecule has 17 heavy (non-hydrogen) atoms. The summed E-state index contributed by atoms with van der Waals surface area (Å²) in [4.78, 5) is 9.12. The van der Waals surface area contributed by atoms with Crippen LogP contribution in [0.25, 0.3) is 11.2 Å². The van der Waals surface area contributed by atoms with Crippen molar-refractivity contribution in [2.75, 3.05) is 5.88 Å². The zero-order valence-electron chi connectivity index (χ0n) is 9.93. The van der Waals surface area contributed by atoms with Crippen LogP contribution in [0.1, 0.15) is 31.6 Å². The predicted octanol–water partition coefficient (Wildman–Crippen LogP) is 3.18. The summed E-state index contributed by atoms with van der Waals surface area (Å²) in [7, 11) is 0. The van der Waals surface area contributed by atoms with Crippen LogP contribution in [0.2, 0.25) is 0 Å². The van der Waals surface area contributed by atoms with Gasteiger partial charge < -0.3 is 4.57 Å². The zero-order valence-corrected chi connectivity index (χ0v) is 10.7. The number of halogens is 1. The average Bonchev–Trinajstić information content (AvgIpc) is 3.11. The Hall–Kier alpha value is -1.09. The summed E-state index contributed by atoms with van der Waals surface area (Å²) in [5.74, 6) is 2.48. The molecule has 2 aromatic heterocycles. The van der Waals surface area contributed by atoms with Crippen molar-refractivity contribution in [3.63, 3.8) is 0 Å². The number of nitrogens with zero attached hydrogens (tertiary/aromatic N) is 3. The first kappa shape index (κ1) is 11.0. The van der Waals surface area contributed by atoms with Gasteiger partial charge in [0.25, 0.3) is 0 Å². The maximum Gasteiger partial charge on any atom is 0.160 e. The van der Waals surface area contributed by atoms with Crippen LogP contribution in [0, 0.1) is 5.92 Å². The first-order valence-electron chi connectivity index (χ1n) is 6.19. The molecule has 1 atom stereocenters. The Morgan fingerprint density at radius 1 is 1.53 bits per heavy atom. The van der Waals surface area contributed by atoms with E-state index < -0.39 is 0 Å². The lowest BCUT2D eigenvalue weighted by Gasteiger charge is -2.15. The minimum absolute atomic E-state index is 0.494. The van der Waals surface area contributed by atoms with Crippen molar-refractivity contribution >= 4 is 22.8 Å². The van der Waals surface area contributed by atoms with Crippen molar-refractivity contribution in [3.8, 4) is 0 Å². The smallest absolute Gasteiger partial charge is 0.160 e. The van der Waals surface area contributed by atoms with Crippen LogP contribution in [-0.2, 0) is 6.42 Å². The number of aryl methyl sites for hydroxylation is 1. The highest BCUT2D eigenvalue weighted by Gasteiger charge is 2.31. The van der Waals surface area contributed by atoms with Gasteiger partial charge in [-0.1, -0.05) is 0 Å². The second-order valence-corrected chi connectivity index (χ2v) is 5.14. The van der Waals surface area contributed by atoms with Gasteiger partial charge in [-0.25, -0.2) is 9.97 Å². The van der Waals surface area contributed by atoms with Crippen LogP contribution in [0.4, 0.5) is 0 Å². The Morgan fingerprint density at radius 2 is 2.35 bits per heavy atom. The number of pyridine rings is 1. The molecule has 3 rings (SSSR count). The van der Waals surface area contributed by atoms with Crippen molar-refractivity contribution in [3.05, 3.63) is 24.2 Å². The molecule has 0 spiro atoms. The first-order valence-corrected chi connectivity index (χ1v) is 6.72. The second-order valence-electron chi connectivity index (χ2n) is 4.76. The summed E-state index contributed by atoms with van der Waals surface area (Å²) in [6.07, 6.45) is 5.31. The molecule has 1 fully saturated rings. The van der Waals surface area contributed by atoms with Gasteiger partial charge in [0.1, 0.15) is 11.3 Å². The fourth-order valence-electron chi connectivity index (χ4n) is 2.45. The van der Waals surface area contributed by atoms with Crippen molar-refractivity contribution in [2.24, 2.45) is 5.92 Å². The Morgan fingerprint density at radius 3 is 3.06 bits per heavy atom. The summed E-state index contributed by atoms with van der Waals surface area (Å²) >= 11 is 5.86. The molecule has 0 aliphatic heterocycles. The van der Waals surface area contributed by atoms with Crippen LogP contribution in [0.5, 0.6) is 0 Å². The van der Waals surface area contributed by atoms with Crippen molar-refractivity contribution < 1.29 is 0 Å². The quantitative estimate of drug-likeness (QED) is 0.780. The second kappa shape index (κ2) is 4.30. The van der Waals surface area contributed by atoms with Gasteiger partial charge in [-0.05, 0) is 37.8 Å². The average molecular weight is 250 g/mol. The number of rotatable bonds is 4. The van der Waals surface area contributed by atoms with Gasteiger partial charge in [-0.2, -0.15) is 0 Å². The van der Waals surface area contributed by atoms with Gasteiger partial charge in [-0.3, -0.25) is 0 Å². The van der Waals surface area contributed by atoms with Crippen LogP contribution >= 0.6 is 11.6 Å². The lowest BCUT2D eigenvalue weighted by atomic mass is 10.2. The maximum absolute atomic E-state index is 5.86. The van der Waals surface area contributed by atoms with Crippen LogP contribution < -0.4 is 0 Å². The lowest BCUT2D eigenvalue weighted by molar-refractivity contribution is 0.479. The molecular weight excluding hydrogens is 234 g/mol. The lowest BCUT2D eigenvalue weighted by Crippen LogP contribution is -2.12. The Labute approximate surface area is 106 Å². The number of alkyl halides is 1. The molecule has 1 aliphatic rings. The van der Waals surface area contributed by atoms with Gasteiger partial charge in [0, 0.05) is 24.5 Å². The molecule has 0 bridgehead atoms. The van der Waals surface area contributed by atoms with E-state index in [1.165, 1.54) is 12.8 Å². The molecule has 1 aliphatic carbocycles. The molecule has 0 aromatic carbocycles. The van der Waals surface area contributed by atoms with Crippen LogP contribution in [-0.4, -0.2) is 20.4 Å². The zero-order chi connectivity index (χ0) is 11.8. The number of hydrogen-bond donors (Lipinski definition) is 0. The molecule has 2 heterocycles. The third-order valence-corrected chi connectivity index (χ3v) is 3.74. The molecule has 1 saturated carbocycles. The first-order chi connectivity index (χ1) is 8.31. The summed E-state index contributed by atoms with van der Waals surface area (Å²) in [5, 5.41) is 0. The summed E-state index contributed by atoms with van der Waals surface area (Å²) < 4.78 is 2.29. The highest BCUT2D eigenvalue weighted by molar-refractivity contribution is 6.17. The summed E-state index contributed by atoms with van der Waals surface area (Å²) in [6.45, 7) is 2.27. The van der Waals surface area contributed by atoms with Gasteiger partial charge >= 0.3 is 0 Å². The molecule has 1 unspecified atom stereocenters.